The first kappa shape index (κ1) is 21.5. The molecule has 3 atom stereocenters. The summed E-state index contributed by atoms with van der Waals surface area (Å²) >= 11 is 6.02. The molecule has 4 rings (SSSR count). The van der Waals surface area contributed by atoms with Gasteiger partial charge in [0.25, 0.3) is 0 Å². The number of benzene rings is 2. The van der Waals surface area contributed by atoms with Crippen LogP contribution < -0.4 is 9.46 Å². The fourth-order valence-electron chi connectivity index (χ4n) is 5.03. The fraction of sp³-hybridized carbons (Fsp3) is 0.455. The maximum Gasteiger partial charge on any atom is 0.208 e. The van der Waals surface area contributed by atoms with Crippen LogP contribution in [0.2, 0.25) is 5.02 Å². The third-order valence-electron chi connectivity index (χ3n) is 6.45. The average molecular weight is 456 g/mol. The SMILES string of the molecule is CS(=O)(=O)NC[C@@H]1CC[C@@]2(Cc3ccc(Cl)cc3)c3c(F)ccc(F)c3OC[C@H]2C1. The van der Waals surface area contributed by atoms with E-state index in [0.717, 1.165) is 17.9 Å². The van der Waals surface area contributed by atoms with E-state index in [9.17, 15) is 12.8 Å². The van der Waals surface area contributed by atoms with Crippen molar-refractivity contribution in [2.45, 2.75) is 31.1 Å². The predicted molar refractivity (Wildman–Crippen MR) is 112 cm³/mol. The molecule has 1 heterocycles. The molecule has 8 heteroatoms. The van der Waals surface area contributed by atoms with Crippen LogP contribution in [0, 0.1) is 23.5 Å². The Morgan fingerprint density at radius 2 is 1.87 bits per heavy atom. The van der Waals surface area contributed by atoms with Gasteiger partial charge in [0.2, 0.25) is 10.0 Å². The summed E-state index contributed by atoms with van der Waals surface area (Å²) in [4.78, 5) is 0. The minimum absolute atomic E-state index is 0.00734. The van der Waals surface area contributed by atoms with Gasteiger partial charge in [0, 0.05) is 28.5 Å². The number of hydrogen-bond donors (Lipinski definition) is 1. The van der Waals surface area contributed by atoms with E-state index in [0.29, 0.717) is 42.8 Å². The molecule has 1 fully saturated rings. The van der Waals surface area contributed by atoms with Gasteiger partial charge in [-0.1, -0.05) is 23.7 Å². The number of hydrogen-bond acceptors (Lipinski definition) is 3. The molecule has 1 N–H and O–H groups in total. The van der Waals surface area contributed by atoms with Crippen molar-refractivity contribution in [3.8, 4) is 5.75 Å². The number of fused-ring (bicyclic) bond motifs is 3. The van der Waals surface area contributed by atoms with Crippen LogP contribution in [-0.4, -0.2) is 27.8 Å². The quantitative estimate of drug-likeness (QED) is 0.724. The van der Waals surface area contributed by atoms with Crippen LogP contribution in [0.4, 0.5) is 8.78 Å². The van der Waals surface area contributed by atoms with E-state index in [-0.39, 0.29) is 24.2 Å². The Balaban J connectivity index is 1.71. The monoisotopic (exact) mass is 455 g/mol. The molecule has 1 saturated carbocycles. The van der Waals surface area contributed by atoms with Crippen molar-refractivity contribution >= 4 is 21.6 Å². The van der Waals surface area contributed by atoms with E-state index in [1.54, 1.807) is 12.1 Å². The van der Waals surface area contributed by atoms with Gasteiger partial charge in [0.15, 0.2) is 11.6 Å². The molecule has 0 saturated heterocycles. The van der Waals surface area contributed by atoms with Gasteiger partial charge in [-0.25, -0.2) is 21.9 Å². The highest BCUT2D eigenvalue weighted by molar-refractivity contribution is 7.88. The van der Waals surface area contributed by atoms with E-state index < -0.39 is 27.1 Å². The summed E-state index contributed by atoms with van der Waals surface area (Å²) in [5.41, 5.74) is 0.687. The van der Waals surface area contributed by atoms with Crippen LogP contribution in [-0.2, 0) is 21.9 Å². The second-order valence-electron chi connectivity index (χ2n) is 8.46. The summed E-state index contributed by atoms with van der Waals surface area (Å²) in [6.07, 6.45) is 3.68. The third-order valence-corrected chi connectivity index (χ3v) is 7.39. The first-order valence-electron chi connectivity index (χ1n) is 9.98. The van der Waals surface area contributed by atoms with Crippen molar-refractivity contribution in [1.29, 1.82) is 0 Å². The molecule has 0 unspecified atom stereocenters. The van der Waals surface area contributed by atoms with Crippen LogP contribution in [0.5, 0.6) is 5.75 Å². The van der Waals surface area contributed by atoms with Crippen molar-refractivity contribution in [2.75, 3.05) is 19.4 Å². The van der Waals surface area contributed by atoms with Crippen molar-refractivity contribution in [3.63, 3.8) is 0 Å². The Hall–Kier alpha value is -1.70. The molecule has 0 radical (unpaired) electrons. The van der Waals surface area contributed by atoms with Gasteiger partial charge >= 0.3 is 0 Å². The molecule has 0 aromatic heterocycles. The summed E-state index contributed by atoms with van der Waals surface area (Å²) in [5, 5.41) is 0.618. The van der Waals surface area contributed by atoms with E-state index in [1.165, 1.54) is 6.07 Å². The Morgan fingerprint density at radius 3 is 2.57 bits per heavy atom. The zero-order chi connectivity index (χ0) is 21.5. The second kappa shape index (κ2) is 8.09. The van der Waals surface area contributed by atoms with Crippen LogP contribution in [0.1, 0.15) is 30.4 Å². The summed E-state index contributed by atoms with van der Waals surface area (Å²) in [7, 11) is -3.28. The molecule has 1 aliphatic carbocycles. The minimum atomic E-state index is -3.28. The third kappa shape index (κ3) is 4.20. The van der Waals surface area contributed by atoms with Gasteiger partial charge in [-0.2, -0.15) is 0 Å². The Bertz CT molecular complexity index is 1050. The summed E-state index contributed by atoms with van der Waals surface area (Å²) in [5.74, 6) is -0.950. The number of rotatable bonds is 5. The Kier molecular flexibility index (Phi) is 5.81. The molecular formula is C22H24ClF2NO3S. The van der Waals surface area contributed by atoms with E-state index in [2.05, 4.69) is 4.72 Å². The average Bonchev–Trinajstić information content (AvgIpc) is 2.70. The van der Waals surface area contributed by atoms with Crippen LogP contribution in [0.15, 0.2) is 36.4 Å². The fourth-order valence-corrected chi connectivity index (χ4v) is 5.70. The van der Waals surface area contributed by atoms with Crippen molar-refractivity contribution in [1.82, 2.24) is 4.72 Å². The zero-order valence-electron chi connectivity index (χ0n) is 16.6. The zero-order valence-corrected chi connectivity index (χ0v) is 18.2. The molecule has 0 amide bonds. The lowest BCUT2D eigenvalue weighted by Gasteiger charge is -2.50. The van der Waals surface area contributed by atoms with Gasteiger partial charge in [-0.15, -0.1) is 0 Å². The highest BCUT2D eigenvalue weighted by atomic mass is 35.5. The lowest BCUT2D eigenvalue weighted by Crippen LogP contribution is -2.50. The second-order valence-corrected chi connectivity index (χ2v) is 10.7. The van der Waals surface area contributed by atoms with E-state index in [4.69, 9.17) is 16.3 Å². The number of halogens is 3. The molecule has 2 aliphatic rings. The Morgan fingerprint density at radius 1 is 1.17 bits per heavy atom. The van der Waals surface area contributed by atoms with Gasteiger partial charge in [-0.05, 0) is 61.4 Å². The predicted octanol–water partition coefficient (Wildman–Crippen LogP) is 4.46. The van der Waals surface area contributed by atoms with Gasteiger partial charge < -0.3 is 4.74 Å². The van der Waals surface area contributed by atoms with Gasteiger partial charge in [0.1, 0.15) is 5.82 Å². The standard InChI is InChI=1S/C22H24ClF2NO3S/c1-30(27,28)26-12-15-8-9-22(11-14-2-4-17(23)5-3-14)16(10-15)13-29-21-19(25)7-6-18(24)20(21)22/h2-7,15-16,26H,8-13H2,1H3/t15-,16-,22+/m1/s1. The normalized spacial score (nSPS) is 25.9. The minimum Gasteiger partial charge on any atom is -0.490 e. The first-order chi connectivity index (χ1) is 14.2. The molecule has 0 spiro atoms. The molecular weight excluding hydrogens is 432 g/mol. The summed E-state index contributed by atoms with van der Waals surface area (Å²) in [6.45, 7) is 0.612. The maximum absolute atomic E-state index is 15.1. The number of sulfonamides is 1. The van der Waals surface area contributed by atoms with Gasteiger partial charge in [0.05, 0.1) is 12.9 Å². The van der Waals surface area contributed by atoms with E-state index in [1.807, 2.05) is 12.1 Å². The smallest absolute Gasteiger partial charge is 0.208 e. The topological polar surface area (TPSA) is 55.4 Å². The van der Waals surface area contributed by atoms with Crippen molar-refractivity contribution < 1.29 is 21.9 Å². The molecule has 162 valence electrons. The highest BCUT2D eigenvalue weighted by Crippen LogP contribution is 2.54. The molecule has 1 aliphatic heterocycles. The lowest BCUT2D eigenvalue weighted by molar-refractivity contribution is 0.0555. The lowest BCUT2D eigenvalue weighted by atomic mass is 9.57. The van der Waals surface area contributed by atoms with Crippen molar-refractivity contribution in [3.05, 3.63) is 64.2 Å². The Labute approximate surface area is 180 Å². The van der Waals surface area contributed by atoms with Crippen molar-refractivity contribution in [2.24, 2.45) is 11.8 Å². The van der Waals surface area contributed by atoms with Crippen LogP contribution in [0.25, 0.3) is 0 Å². The molecule has 2 aromatic carbocycles. The maximum atomic E-state index is 15.1. The molecule has 0 bridgehead atoms. The van der Waals surface area contributed by atoms with Crippen LogP contribution in [0.3, 0.4) is 0 Å². The molecule has 30 heavy (non-hydrogen) atoms. The molecule has 2 aromatic rings. The largest absolute Gasteiger partial charge is 0.490 e. The summed E-state index contributed by atoms with van der Waals surface area (Å²) < 4.78 is 60.9. The summed E-state index contributed by atoms with van der Waals surface area (Å²) in [6, 6.07) is 9.70. The van der Waals surface area contributed by atoms with E-state index >= 15 is 4.39 Å². The molecule has 4 nitrogen and oxygen atoms in total. The van der Waals surface area contributed by atoms with Gasteiger partial charge in [-0.3, -0.25) is 0 Å². The number of nitrogens with one attached hydrogen (secondary N) is 1. The first-order valence-corrected chi connectivity index (χ1v) is 12.3. The number of ether oxygens (including phenoxy) is 1. The van der Waals surface area contributed by atoms with Crippen LogP contribution >= 0.6 is 11.6 Å². The highest BCUT2D eigenvalue weighted by Gasteiger charge is 2.51.